The van der Waals surface area contributed by atoms with Gasteiger partial charge >= 0.3 is 5.97 Å². The fraction of sp³-hybridized carbons (Fsp3) is 0.286. The SMILES string of the molecule is Cc1nc(-c2ccccc2C2CC2)sc1C(=O)O. The zero-order chi connectivity index (χ0) is 12.7. The van der Waals surface area contributed by atoms with Crippen LogP contribution in [0.25, 0.3) is 10.6 Å². The largest absolute Gasteiger partial charge is 0.477 e. The van der Waals surface area contributed by atoms with Gasteiger partial charge in [0.2, 0.25) is 0 Å². The summed E-state index contributed by atoms with van der Waals surface area (Å²) < 4.78 is 0. The number of aryl methyl sites for hydroxylation is 1. The number of carboxylic acid groups (broad SMARTS) is 1. The maximum absolute atomic E-state index is 11.1. The van der Waals surface area contributed by atoms with Crippen LogP contribution in [0.3, 0.4) is 0 Å². The van der Waals surface area contributed by atoms with Gasteiger partial charge in [-0.2, -0.15) is 0 Å². The quantitative estimate of drug-likeness (QED) is 0.914. The van der Waals surface area contributed by atoms with Gasteiger partial charge in [0.05, 0.1) is 5.69 Å². The highest BCUT2D eigenvalue weighted by atomic mass is 32.1. The number of aromatic carboxylic acids is 1. The molecule has 18 heavy (non-hydrogen) atoms. The third-order valence-electron chi connectivity index (χ3n) is 3.20. The molecule has 1 aromatic heterocycles. The first-order chi connectivity index (χ1) is 8.66. The van der Waals surface area contributed by atoms with Crippen molar-refractivity contribution >= 4 is 17.3 Å². The smallest absolute Gasteiger partial charge is 0.347 e. The van der Waals surface area contributed by atoms with Gasteiger partial charge in [0.25, 0.3) is 0 Å². The number of benzene rings is 1. The van der Waals surface area contributed by atoms with Gasteiger partial charge in [-0.05, 0) is 31.2 Å². The van der Waals surface area contributed by atoms with Crippen LogP contribution in [-0.4, -0.2) is 16.1 Å². The van der Waals surface area contributed by atoms with Gasteiger partial charge in [-0.1, -0.05) is 24.3 Å². The monoisotopic (exact) mass is 259 g/mol. The first-order valence-corrected chi connectivity index (χ1v) is 6.78. The molecule has 1 heterocycles. The second kappa shape index (κ2) is 4.21. The van der Waals surface area contributed by atoms with Crippen LogP contribution in [0.2, 0.25) is 0 Å². The summed E-state index contributed by atoms with van der Waals surface area (Å²) in [6, 6.07) is 8.19. The van der Waals surface area contributed by atoms with E-state index in [1.807, 2.05) is 18.2 Å². The van der Waals surface area contributed by atoms with Crippen molar-refractivity contribution in [2.75, 3.05) is 0 Å². The van der Waals surface area contributed by atoms with Crippen LogP contribution in [0.4, 0.5) is 0 Å². The fourth-order valence-corrected chi connectivity index (χ4v) is 3.10. The molecule has 4 heteroatoms. The van der Waals surface area contributed by atoms with Crippen molar-refractivity contribution in [2.24, 2.45) is 0 Å². The van der Waals surface area contributed by atoms with Gasteiger partial charge in [-0.15, -0.1) is 11.3 Å². The van der Waals surface area contributed by atoms with Gasteiger partial charge < -0.3 is 5.11 Å². The molecule has 2 aromatic rings. The summed E-state index contributed by atoms with van der Waals surface area (Å²) in [6.07, 6.45) is 2.46. The molecule has 0 atom stereocenters. The standard InChI is InChI=1S/C14H13NO2S/c1-8-12(14(16)17)18-13(15-8)11-5-3-2-4-10(11)9-6-7-9/h2-5,9H,6-7H2,1H3,(H,16,17). The molecular formula is C14H13NO2S. The first kappa shape index (κ1) is 11.4. The molecule has 1 N–H and O–H groups in total. The van der Waals surface area contributed by atoms with Crippen LogP contribution in [0.5, 0.6) is 0 Å². The highest BCUT2D eigenvalue weighted by Crippen LogP contribution is 2.45. The second-order valence-electron chi connectivity index (χ2n) is 4.60. The number of carbonyl (C=O) groups is 1. The molecule has 3 nitrogen and oxygen atoms in total. The number of carboxylic acids is 1. The Labute approximate surface area is 109 Å². The van der Waals surface area contributed by atoms with Crippen LogP contribution in [0, 0.1) is 6.92 Å². The van der Waals surface area contributed by atoms with E-state index in [1.165, 1.54) is 29.7 Å². The lowest BCUT2D eigenvalue weighted by atomic mass is 10.0. The number of aromatic nitrogens is 1. The van der Waals surface area contributed by atoms with E-state index >= 15 is 0 Å². The maximum Gasteiger partial charge on any atom is 0.347 e. The molecule has 0 aliphatic heterocycles. The van der Waals surface area contributed by atoms with E-state index in [2.05, 4.69) is 11.1 Å². The van der Waals surface area contributed by atoms with E-state index in [9.17, 15) is 4.79 Å². The lowest BCUT2D eigenvalue weighted by Gasteiger charge is -2.04. The Morgan fingerprint density at radius 1 is 1.39 bits per heavy atom. The molecule has 0 unspecified atom stereocenters. The molecule has 1 saturated carbocycles. The number of hydrogen-bond donors (Lipinski definition) is 1. The second-order valence-corrected chi connectivity index (χ2v) is 5.60. The molecule has 1 fully saturated rings. The van der Waals surface area contributed by atoms with Gasteiger partial charge in [0, 0.05) is 5.56 Å². The number of nitrogens with zero attached hydrogens (tertiary/aromatic N) is 1. The summed E-state index contributed by atoms with van der Waals surface area (Å²) in [5.74, 6) is -0.251. The molecular weight excluding hydrogens is 246 g/mol. The van der Waals surface area contributed by atoms with E-state index in [0.29, 0.717) is 16.5 Å². The van der Waals surface area contributed by atoms with Crippen molar-refractivity contribution in [2.45, 2.75) is 25.7 Å². The van der Waals surface area contributed by atoms with Crippen molar-refractivity contribution in [3.05, 3.63) is 40.4 Å². The van der Waals surface area contributed by atoms with Crippen LogP contribution in [-0.2, 0) is 0 Å². The predicted molar refractivity (Wildman–Crippen MR) is 71.2 cm³/mol. The maximum atomic E-state index is 11.1. The number of rotatable bonds is 3. The van der Waals surface area contributed by atoms with Crippen molar-refractivity contribution in [1.29, 1.82) is 0 Å². The molecule has 0 bridgehead atoms. The molecule has 1 aliphatic carbocycles. The minimum absolute atomic E-state index is 0.343. The normalized spacial score (nSPS) is 14.7. The Bertz CT molecular complexity index is 614. The lowest BCUT2D eigenvalue weighted by Crippen LogP contribution is -1.94. The van der Waals surface area contributed by atoms with Gasteiger partial charge in [-0.25, -0.2) is 9.78 Å². The Hall–Kier alpha value is -1.68. The number of hydrogen-bond acceptors (Lipinski definition) is 3. The predicted octanol–water partition coefficient (Wildman–Crippen LogP) is 3.69. The van der Waals surface area contributed by atoms with Crippen molar-refractivity contribution < 1.29 is 9.90 Å². The summed E-state index contributed by atoms with van der Waals surface area (Å²) in [7, 11) is 0. The molecule has 0 amide bonds. The summed E-state index contributed by atoms with van der Waals surface area (Å²) in [4.78, 5) is 15.8. The minimum atomic E-state index is -0.889. The van der Waals surface area contributed by atoms with Crippen molar-refractivity contribution in [1.82, 2.24) is 4.98 Å². The van der Waals surface area contributed by atoms with Gasteiger partial charge in [-0.3, -0.25) is 0 Å². The zero-order valence-electron chi connectivity index (χ0n) is 10.0. The van der Waals surface area contributed by atoms with E-state index in [-0.39, 0.29) is 0 Å². The molecule has 1 aliphatic rings. The van der Waals surface area contributed by atoms with Crippen molar-refractivity contribution in [3.8, 4) is 10.6 Å². The van der Waals surface area contributed by atoms with Crippen LogP contribution in [0.1, 0.15) is 39.7 Å². The number of thiazole rings is 1. The van der Waals surface area contributed by atoms with E-state index in [0.717, 1.165) is 10.6 Å². The molecule has 1 aromatic carbocycles. The Morgan fingerprint density at radius 3 is 2.72 bits per heavy atom. The highest BCUT2D eigenvalue weighted by Gasteiger charge is 2.27. The summed E-state index contributed by atoms with van der Waals surface area (Å²) in [6.45, 7) is 1.75. The Kier molecular flexibility index (Phi) is 2.67. The van der Waals surface area contributed by atoms with Crippen LogP contribution < -0.4 is 0 Å². The van der Waals surface area contributed by atoms with Crippen LogP contribution >= 0.6 is 11.3 Å². The molecule has 0 spiro atoms. The van der Waals surface area contributed by atoms with Crippen LogP contribution in [0.15, 0.2) is 24.3 Å². The molecule has 92 valence electrons. The summed E-state index contributed by atoms with van der Waals surface area (Å²) in [5.41, 5.74) is 3.01. The van der Waals surface area contributed by atoms with E-state index in [4.69, 9.17) is 5.11 Å². The Morgan fingerprint density at radius 2 is 2.11 bits per heavy atom. The first-order valence-electron chi connectivity index (χ1n) is 5.97. The summed E-state index contributed by atoms with van der Waals surface area (Å²) in [5, 5.41) is 9.91. The lowest BCUT2D eigenvalue weighted by molar-refractivity contribution is 0.0701. The molecule has 0 radical (unpaired) electrons. The third kappa shape index (κ3) is 1.93. The van der Waals surface area contributed by atoms with E-state index < -0.39 is 5.97 Å². The van der Waals surface area contributed by atoms with Crippen molar-refractivity contribution in [3.63, 3.8) is 0 Å². The summed E-state index contributed by atoms with van der Waals surface area (Å²) >= 11 is 1.27. The van der Waals surface area contributed by atoms with Gasteiger partial charge in [0.1, 0.15) is 9.88 Å². The third-order valence-corrected chi connectivity index (χ3v) is 4.38. The minimum Gasteiger partial charge on any atom is -0.477 e. The zero-order valence-corrected chi connectivity index (χ0v) is 10.8. The average molecular weight is 259 g/mol. The molecule has 0 saturated heterocycles. The van der Waals surface area contributed by atoms with Gasteiger partial charge in [0.15, 0.2) is 0 Å². The van der Waals surface area contributed by atoms with E-state index in [1.54, 1.807) is 6.92 Å². The molecule has 3 rings (SSSR count). The average Bonchev–Trinajstić information content (AvgIpc) is 3.12. The Balaban J connectivity index is 2.09. The highest BCUT2D eigenvalue weighted by molar-refractivity contribution is 7.17. The fourth-order valence-electron chi connectivity index (χ4n) is 2.15. The topological polar surface area (TPSA) is 50.2 Å².